The topological polar surface area (TPSA) is 32.3 Å². The van der Waals surface area contributed by atoms with E-state index in [1.54, 1.807) is 0 Å². The highest BCUT2D eigenvalue weighted by atomic mass is 16.1. The molecular weight excluding hydrogens is 272 g/mol. The van der Waals surface area contributed by atoms with Crippen molar-refractivity contribution in [1.82, 2.24) is 10.2 Å². The second kappa shape index (κ2) is 6.82. The number of fused-ring (bicyclic) bond motifs is 2. The molecule has 0 spiro atoms. The van der Waals surface area contributed by atoms with Gasteiger partial charge in [-0.1, -0.05) is 36.8 Å². The van der Waals surface area contributed by atoms with Crippen molar-refractivity contribution in [3.63, 3.8) is 0 Å². The first kappa shape index (κ1) is 15.5. The lowest BCUT2D eigenvalue weighted by molar-refractivity contribution is -0.123. The van der Waals surface area contributed by atoms with E-state index in [4.69, 9.17) is 0 Å². The summed E-state index contributed by atoms with van der Waals surface area (Å²) in [6.45, 7) is 0.840. The molecule has 2 aliphatic rings. The Morgan fingerprint density at radius 2 is 2.00 bits per heavy atom. The largest absolute Gasteiger partial charge is 0.348 e. The van der Waals surface area contributed by atoms with Crippen LogP contribution < -0.4 is 5.32 Å². The van der Waals surface area contributed by atoms with Gasteiger partial charge >= 0.3 is 0 Å². The molecule has 1 aromatic rings. The fourth-order valence-corrected chi connectivity index (χ4v) is 4.40. The molecule has 2 saturated carbocycles. The van der Waals surface area contributed by atoms with Crippen molar-refractivity contribution in [1.29, 1.82) is 0 Å². The molecule has 0 unspecified atom stereocenters. The van der Waals surface area contributed by atoms with Crippen molar-refractivity contribution in [2.45, 2.75) is 38.1 Å². The lowest BCUT2D eigenvalue weighted by Gasteiger charge is -2.25. The molecule has 1 aromatic carbocycles. The van der Waals surface area contributed by atoms with Crippen LogP contribution in [0, 0.1) is 17.8 Å². The molecule has 0 radical (unpaired) electrons. The summed E-state index contributed by atoms with van der Waals surface area (Å²) in [6.07, 6.45) is 6.12. The van der Waals surface area contributed by atoms with Gasteiger partial charge in [-0.15, -0.1) is 0 Å². The molecule has 2 bridgehead atoms. The van der Waals surface area contributed by atoms with Crippen LogP contribution in [0.4, 0.5) is 0 Å². The highest BCUT2D eigenvalue weighted by Crippen LogP contribution is 2.49. The van der Waals surface area contributed by atoms with Gasteiger partial charge in [0.15, 0.2) is 0 Å². The quantitative estimate of drug-likeness (QED) is 0.875. The maximum absolute atomic E-state index is 12.5. The Morgan fingerprint density at radius 1 is 1.23 bits per heavy atom. The second-order valence-corrected chi connectivity index (χ2v) is 7.43. The van der Waals surface area contributed by atoms with Crippen LogP contribution in [0.1, 0.15) is 43.7 Å². The summed E-state index contributed by atoms with van der Waals surface area (Å²) in [6, 6.07) is 10.4. The van der Waals surface area contributed by atoms with Crippen LogP contribution in [-0.4, -0.2) is 31.4 Å². The molecule has 120 valence electrons. The third kappa shape index (κ3) is 3.70. The monoisotopic (exact) mass is 300 g/mol. The number of hydrogen-bond donors (Lipinski definition) is 1. The zero-order valence-corrected chi connectivity index (χ0v) is 13.8. The predicted octanol–water partition coefficient (Wildman–Crippen LogP) is 3.23. The molecule has 3 heteroatoms. The smallest absolute Gasteiger partial charge is 0.220 e. The van der Waals surface area contributed by atoms with Gasteiger partial charge in [-0.25, -0.2) is 0 Å². The van der Waals surface area contributed by atoms with Crippen LogP contribution in [-0.2, 0) is 4.79 Å². The first-order valence-corrected chi connectivity index (χ1v) is 8.61. The molecule has 2 aliphatic carbocycles. The Kier molecular flexibility index (Phi) is 4.82. The summed E-state index contributed by atoms with van der Waals surface area (Å²) in [4.78, 5) is 14.6. The van der Waals surface area contributed by atoms with Gasteiger partial charge in [0.1, 0.15) is 0 Å². The van der Waals surface area contributed by atoms with Crippen LogP contribution in [0.25, 0.3) is 0 Å². The standard InChI is InChI=1S/C19H28N2O/c1-21(2)13-18(15-6-4-3-5-7-15)20-19(22)12-17-11-14-8-9-16(17)10-14/h3-7,14,16-18H,8-13H2,1-2H3,(H,20,22)/t14-,16-,17-,18-/m0/s1. The summed E-state index contributed by atoms with van der Waals surface area (Å²) in [5, 5.41) is 3.27. The van der Waals surface area contributed by atoms with E-state index in [1.807, 2.05) is 18.2 Å². The van der Waals surface area contributed by atoms with E-state index in [1.165, 1.54) is 31.2 Å². The number of benzene rings is 1. The first-order chi connectivity index (χ1) is 10.6. The highest BCUT2D eigenvalue weighted by molar-refractivity contribution is 5.76. The number of nitrogens with zero attached hydrogens (tertiary/aromatic N) is 1. The van der Waals surface area contributed by atoms with Crippen LogP contribution in [0.2, 0.25) is 0 Å². The van der Waals surface area contributed by atoms with Crippen molar-refractivity contribution < 1.29 is 4.79 Å². The summed E-state index contributed by atoms with van der Waals surface area (Å²) >= 11 is 0. The maximum atomic E-state index is 12.5. The fourth-order valence-electron chi connectivity index (χ4n) is 4.40. The Bertz CT molecular complexity index is 499. The SMILES string of the molecule is CN(C)C[C@H](NC(=O)C[C@@H]1C[C@H]2CC[C@H]1C2)c1ccccc1. The third-order valence-electron chi connectivity index (χ3n) is 5.42. The molecule has 3 nitrogen and oxygen atoms in total. The zero-order chi connectivity index (χ0) is 15.5. The van der Waals surface area contributed by atoms with Crippen LogP contribution in [0.3, 0.4) is 0 Å². The molecule has 1 N–H and O–H groups in total. The van der Waals surface area contributed by atoms with E-state index in [9.17, 15) is 4.79 Å². The van der Waals surface area contributed by atoms with Crippen molar-refractivity contribution in [2.75, 3.05) is 20.6 Å². The Morgan fingerprint density at radius 3 is 2.59 bits per heavy atom. The Balaban J connectivity index is 1.59. The minimum atomic E-state index is 0.0855. The van der Waals surface area contributed by atoms with Gasteiger partial charge in [0.05, 0.1) is 6.04 Å². The van der Waals surface area contributed by atoms with E-state index < -0.39 is 0 Å². The van der Waals surface area contributed by atoms with Crippen LogP contribution >= 0.6 is 0 Å². The molecule has 4 atom stereocenters. The molecule has 0 saturated heterocycles. The van der Waals surface area contributed by atoms with Crippen molar-refractivity contribution >= 4 is 5.91 Å². The van der Waals surface area contributed by atoms with Crippen LogP contribution in [0.15, 0.2) is 30.3 Å². The third-order valence-corrected chi connectivity index (χ3v) is 5.42. The van der Waals surface area contributed by atoms with Crippen LogP contribution in [0.5, 0.6) is 0 Å². The van der Waals surface area contributed by atoms with Gasteiger partial charge in [0.25, 0.3) is 0 Å². The average Bonchev–Trinajstić information content (AvgIpc) is 3.09. The number of hydrogen-bond acceptors (Lipinski definition) is 2. The lowest BCUT2D eigenvalue weighted by Crippen LogP contribution is -2.36. The number of nitrogens with one attached hydrogen (secondary N) is 1. The summed E-state index contributed by atoms with van der Waals surface area (Å²) in [7, 11) is 4.11. The van der Waals surface area contributed by atoms with E-state index in [0.29, 0.717) is 5.92 Å². The van der Waals surface area contributed by atoms with E-state index in [-0.39, 0.29) is 11.9 Å². The normalized spacial score (nSPS) is 28.0. The van der Waals surface area contributed by atoms with Gasteiger partial charge in [-0.3, -0.25) is 4.79 Å². The van der Waals surface area contributed by atoms with E-state index >= 15 is 0 Å². The molecule has 0 heterocycles. The van der Waals surface area contributed by atoms with Gasteiger partial charge in [-0.2, -0.15) is 0 Å². The van der Waals surface area contributed by atoms with Gasteiger partial charge in [-0.05, 0) is 56.7 Å². The van der Waals surface area contributed by atoms with Gasteiger partial charge < -0.3 is 10.2 Å². The minimum Gasteiger partial charge on any atom is -0.348 e. The fraction of sp³-hybridized carbons (Fsp3) is 0.632. The van der Waals surface area contributed by atoms with E-state index in [2.05, 4.69) is 36.4 Å². The highest BCUT2D eigenvalue weighted by Gasteiger charge is 2.40. The summed E-state index contributed by atoms with van der Waals surface area (Å²) in [5.41, 5.74) is 1.19. The Hall–Kier alpha value is -1.35. The molecule has 3 rings (SSSR count). The van der Waals surface area contributed by atoms with Gasteiger partial charge in [0, 0.05) is 13.0 Å². The first-order valence-electron chi connectivity index (χ1n) is 8.61. The molecule has 0 aromatic heterocycles. The molecular formula is C19H28N2O. The number of amides is 1. The average molecular weight is 300 g/mol. The van der Waals surface area contributed by atoms with E-state index in [0.717, 1.165) is 24.8 Å². The summed E-state index contributed by atoms with van der Waals surface area (Å²) < 4.78 is 0. The van der Waals surface area contributed by atoms with Crippen molar-refractivity contribution in [3.05, 3.63) is 35.9 Å². The minimum absolute atomic E-state index is 0.0855. The van der Waals surface area contributed by atoms with Gasteiger partial charge in [0.2, 0.25) is 5.91 Å². The number of carbonyl (C=O) groups excluding carboxylic acids is 1. The van der Waals surface area contributed by atoms with Crippen molar-refractivity contribution in [3.8, 4) is 0 Å². The number of likely N-dealkylation sites (N-methyl/N-ethyl adjacent to an activating group) is 1. The molecule has 22 heavy (non-hydrogen) atoms. The lowest BCUT2D eigenvalue weighted by atomic mass is 9.86. The zero-order valence-electron chi connectivity index (χ0n) is 13.8. The number of rotatable bonds is 6. The Labute approximate surface area is 134 Å². The predicted molar refractivity (Wildman–Crippen MR) is 89.4 cm³/mol. The number of carbonyl (C=O) groups is 1. The second-order valence-electron chi connectivity index (χ2n) is 7.43. The van der Waals surface area contributed by atoms with Crippen molar-refractivity contribution in [2.24, 2.45) is 17.8 Å². The molecule has 0 aliphatic heterocycles. The summed E-state index contributed by atoms with van der Waals surface area (Å²) in [5.74, 6) is 2.59. The molecule has 2 fully saturated rings. The maximum Gasteiger partial charge on any atom is 0.220 e. The molecule has 1 amide bonds.